The quantitative estimate of drug-likeness (QED) is 0.671. The molecule has 0 spiro atoms. The third-order valence-electron chi connectivity index (χ3n) is 6.30. The Kier molecular flexibility index (Phi) is 6.80. The highest BCUT2D eigenvalue weighted by Gasteiger charge is 2.40. The molecule has 2 aliphatic rings. The molecule has 1 aromatic heterocycles. The van der Waals surface area contributed by atoms with E-state index in [1.165, 1.54) is 0 Å². The number of pyridine rings is 1. The fourth-order valence-electron chi connectivity index (χ4n) is 4.69. The van der Waals surface area contributed by atoms with Crippen molar-refractivity contribution in [1.82, 2.24) is 20.1 Å². The molecule has 8 nitrogen and oxygen atoms in total. The van der Waals surface area contributed by atoms with Crippen LogP contribution in [-0.2, 0) is 9.53 Å². The Bertz CT molecular complexity index is 929. The van der Waals surface area contributed by atoms with E-state index in [1.54, 1.807) is 13.3 Å². The Hall–Kier alpha value is -2.55. The van der Waals surface area contributed by atoms with Crippen LogP contribution in [-0.4, -0.2) is 89.8 Å². The van der Waals surface area contributed by atoms with E-state index < -0.39 is 6.10 Å². The third-order valence-corrected chi connectivity index (χ3v) is 6.30. The van der Waals surface area contributed by atoms with Crippen LogP contribution in [0.3, 0.4) is 0 Å². The number of piperidine rings is 1. The van der Waals surface area contributed by atoms with Crippen molar-refractivity contribution in [2.24, 2.45) is 0 Å². The van der Waals surface area contributed by atoms with Crippen LogP contribution < -0.4 is 5.32 Å². The van der Waals surface area contributed by atoms with Gasteiger partial charge in [-0.3, -0.25) is 19.5 Å². The summed E-state index contributed by atoms with van der Waals surface area (Å²) in [5, 5.41) is 14.0. The zero-order valence-electron chi connectivity index (χ0n) is 17.9. The zero-order chi connectivity index (χ0) is 21.8. The highest BCUT2D eigenvalue weighted by molar-refractivity contribution is 5.98. The number of benzene rings is 1. The lowest BCUT2D eigenvalue weighted by Crippen LogP contribution is -2.52. The first-order valence-electron chi connectivity index (χ1n) is 10.9. The van der Waals surface area contributed by atoms with Gasteiger partial charge in [-0.05, 0) is 43.5 Å². The summed E-state index contributed by atoms with van der Waals surface area (Å²) in [6.07, 6.45) is 3.27. The van der Waals surface area contributed by atoms with Gasteiger partial charge in [0, 0.05) is 56.5 Å². The molecule has 2 aromatic rings. The first-order valence-corrected chi connectivity index (χ1v) is 10.9. The molecule has 0 saturated carbocycles. The molecule has 3 heterocycles. The second-order valence-corrected chi connectivity index (χ2v) is 8.32. The number of methoxy groups -OCH3 is 1. The third kappa shape index (κ3) is 4.87. The number of likely N-dealkylation sites (tertiary alicyclic amines) is 2. The van der Waals surface area contributed by atoms with Crippen LogP contribution in [0.1, 0.15) is 29.6 Å². The van der Waals surface area contributed by atoms with Crippen molar-refractivity contribution in [3.05, 3.63) is 42.1 Å². The van der Waals surface area contributed by atoms with Gasteiger partial charge in [0.2, 0.25) is 5.91 Å². The molecular weight excluding hydrogens is 396 g/mol. The summed E-state index contributed by atoms with van der Waals surface area (Å²) >= 11 is 0. The predicted molar refractivity (Wildman–Crippen MR) is 117 cm³/mol. The van der Waals surface area contributed by atoms with Crippen molar-refractivity contribution in [3.8, 4) is 0 Å². The lowest BCUT2D eigenvalue weighted by molar-refractivity contribution is -0.126. The van der Waals surface area contributed by atoms with Gasteiger partial charge in [0.15, 0.2) is 0 Å². The number of hydrogen-bond donors (Lipinski definition) is 2. The lowest BCUT2D eigenvalue weighted by Gasteiger charge is -2.39. The van der Waals surface area contributed by atoms with E-state index in [-0.39, 0.29) is 23.9 Å². The Balaban J connectivity index is 1.36. The Labute approximate surface area is 182 Å². The molecule has 166 valence electrons. The number of carbonyl (C=O) groups is 2. The summed E-state index contributed by atoms with van der Waals surface area (Å²) in [7, 11) is 1.60. The van der Waals surface area contributed by atoms with Gasteiger partial charge in [-0.2, -0.15) is 0 Å². The van der Waals surface area contributed by atoms with Crippen molar-refractivity contribution in [1.29, 1.82) is 0 Å². The Morgan fingerprint density at radius 2 is 2.06 bits per heavy atom. The molecule has 2 saturated heterocycles. The molecule has 0 unspecified atom stereocenters. The summed E-state index contributed by atoms with van der Waals surface area (Å²) in [5.41, 5.74) is 1.55. The number of fused-ring (bicyclic) bond motifs is 1. The summed E-state index contributed by atoms with van der Waals surface area (Å²) in [4.78, 5) is 33.9. The van der Waals surface area contributed by atoms with Crippen molar-refractivity contribution in [3.63, 3.8) is 0 Å². The van der Waals surface area contributed by atoms with Crippen molar-refractivity contribution in [2.75, 3.05) is 39.9 Å². The number of β-amino-alcohol motifs (C(OH)–C–C–N with tert-alkyl or cyclic N) is 1. The van der Waals surface area contributed by atoms with Crippen LogP contribution in [0.5, 0.6) is 0 Å². The van der Waals surface area contributed by atoms with E-state index in [0.29, 0.717) is 44.8 Å². The first kappa shape index (κ1) is 21.7. The number of aliphatic hydroxyl groups excluding tert-OH is 1. The van der Waals surface area contributed by atoms with Crippen LogP contribution >= 0.6 is 0 Å². The van der Waals surface area contributed by atoms with Gasteiger partial charge < -0.3 is 20.1 Å². The second-order valence-electron chi connectivity index (χ2n) is 8.32. The van der Waals surface area contributed by atoms with Crippen molar-refractivity contribution in [2.45, 2.75) is 37.5 Å². The summed E-state index contributed by atoms with van der Waals surface area (Å²) in [5.74, 6) is -0.0311. The number of amides is 2. The van der Waals surface area contributed by atoms with Crippen LogP contribution in [0.4, 0.5) is 0 Å². The number of nitrogens with zero attached hydrogens (tertiary/aromatic N) is 3. The number of hydrogen-bond acceptors (Lipinski definition) is 6. The second kappa shape index (κ2) is 9.72. The highest BCUT2D eigenvalue weighted by Crippen LogP contribution is 2.27. The molecule has 2 amide bonds. The zero-order valence-corrected chi connectivity index (χ0v) is 17.9. The van der Waals surface area contributed by atoms with Crippen molar-refractivity contribution < 1.29 is 19.4 Å². The van der Waals surface area contributed by atoms with Crippen molar-refractivity contribution >= 4 is 22.7 Å². The van der Waals surface area contributed by atoms with E-state index in [1.807, 2.05) is 35.2 Å². The van der Waals surface area contributed by atoms with E-state index in [2.05, 4.69) is 15.2 Å². The van der Waals surface area contributed by atoms with Gasteiger partial charge in [-0.25, -0.2) is 0 Å². The van der Waals surface area contributed by atoms with Crippen LogP contribution in [0.15, 0.2) is 36.5 Å². The van der Waals surface area contributed by atoms with Gasteiger partial charge >= 0.3 is 0 Å². The monoisotopic (exact) mass is 426 g/mol. The van der Waals surface area contributed by atoms with Crippen LogP contribution in [0, 0.1) is 0 Å². The number of aliphatic hydroxyl groups is 1. The maximum absolute atomic E-state index is 13.0. The summed E-state index contributed by atoms with van der Waals surface area (Å²) in [6, 6.07) is 9.30. The largest absolute Gasteiger partial charge is 0.392 e. The molecule has 4 rings (SSSR count). The van der Waals surface area contributed by atoms with Gasteiger partial charge in [0.1, 0.15) is 0 Å². The molecule has 31 heavy (non-hydrogen) atoms. The molecule has 2 N–H and O–H groups in total. The molecule has 2 atom stereocenters. The molecular formula is C23H30N4O4. The number of nitrogens with one attached hydrogen (secondary N) is 1. The van der Waals surface area contributed by atoms with Crippen LogP contribution in [0.25, 0.3) is 10.9 Å². The van der Waals surface area contributed by atoms with E-state index in [0.717, 1.165) is 23.7 Å². The summed E-state index contributed by atoms with van der Waals surface area (Å²) in [6.45, 7) is 2.70. The SMILES string of the molecule is COCCNC(=O)[C@@H]1C[C@@H](O)CN1C1CCN(C(=O)c2ccc3ncccc3c2)CC1. The van der Waals surface area contributed by atoms with Gasteiger partial charge in [-0.1, -0.05) is 6.07 Å². The van der Waals surface area contributed by atoms with Crippen LogP contribution in [0.2, 0.25) is 0 Å². The molecule has 0 bridgehead atoms. The summed E-state index contributed by atoms with van der Waals surface area (Å²) < 4.78 is 4.99. The number of aromatic nitrogens is 1. The van der Waals surface area contributed by atoms with E-state index in [4.69, 9.17) is 4.74 Å². The normalized spacial score (nSPS) is 22.7. The molecule has 1 aromatic carbocycles. The maximum Gasteiger partial charge on any atom is 0.253 e. The minimum Gasteiger partial charge on any atom is -0.392 e. The average Bonchev–Trinajstić information content (AvgIpc) is 3.20. The topological polar surface area (TPSA) is 95.0 Å². The lowest BCUT2D eigenvalue weighted by atomic mass is 10.0. The maximum atomic E-state index is 13.0. The average molecular weight is 427 g/mol. The first-order chi connectivity index (χ1) is 15.1. The molecule has 0 radical (unpaired) electrons. The minimum absolute atomic E-state index is 0.0273. The van der Waals surface area contributed by atoms with Gasteiger partial charge in [0.25, 0.3) is 5.91 Å². The minimum atomic E-state index is -0.496. The van der Waals surface area contributed by atoms with Gasteiger partial charge in [0.05, 0.1) is 24.3 Å². The van der Waals surface area contributed by atoms with E-state index >= 15 is 0 Å². The standard InChI is InChI=1S/C23H30N4O4/c1-31-12-9-25-22(29)21-14-19(28)15-27(21)18-6-10-26(11-7-18)23(30)17-4-5-20-16(13-17)3-2-8-24-20/h2-5,8,13,18-19,21,28H,6-7,9-12,14-15H2,1H3,(H,25,29)/t19-,21+/m1/s1. The Morgan fingerprint density at radius 3 is 2.84 bits per heavy atom. The molecule has 2 aliphatic heterocycles. The fourth-order valence-corrected chi connectivity index (χ4v) is 4.69. The number of rotatable bonds is 6. The Morgan fingerprint density at radius 1 is 1.26 bits per heavy atom. The van der Waals surface area contributed by atoms with E-state index in [9.17, 15) is 14.7 Å². The predicted octanol–water partition coefficient (Wildman–Crippen LogP) is 1.04. The molecule has 8 heteroatoms. The number of ether oxygens (including phenoxy) is 1. The number of carbonyl (C=O) groups excluding carboxylic acids is 2. The van der Waals surface area contributed by atoms with Gasteiger partial charge in [-0.15, -0.1) is 0 Å². The molecule has 0 aliphatic carbocycles. The molecule has 2 fully saturated rings. The fraction of sp³-hybridized carbons (Fsp3) is 0.522. The smallest absolute Gasteiger partial charge is 0.253 e. The highest BCUT2D eigenvalue weighted by atomic mass is 16.5.